The van der Waals surface area contributed by atoms with E-state index in [2.05, 4.69) is 5.32 Å². The van der Waals surface area contributed by atoms with Crippen LogP contribution in [0.25, 0.3) is 0 Å². The summed E-state index contributed by atoms with van der Waals surface area (Å²) < 4.78 is 0. The summed E-state index contributed by atoms with van der Waals surface area (Å²) in [6.07, 6.45) is 1.80. The fraction of sp³-hybridized carbons (Fsp3) is 0.400. The lowest BCUT2D eigenvalue weighted by Gasteiger charge is -2.27. The van der Waals surface area contributed by atoms with Crippen LogP contribution in [0.4, 0.5) is 0 Å². The number of carbonyl (C=O) groups excluding carboxylic acids is 2. The lowest BCUT2D eigenvalue weighted by atomic mass is 10.1. The van der Waals surface area contributed by atoms with Crippen LogP contribution < -0.4 is 5.32 Å². The molecule has 2 N–H and O–H groups in total. The molecule has 0 radical (unpaired) electrons. The Hall–Kier alpha value is -1.44. The van der Waals surface area contributed by atoms with E-state index in [0.29, 0.717) is 9.92 Å². The first kappa shape index (κ1) is 20.6. The first-order valence-corrected chi connectivity index (χ1v) is 8.98. The minimum Gasteiger partial charge on any atom is -0.480 e. The third kappa shape index (κ3) is 5.29. The highest BCUT2D eigenvalue weighted by Gasteiger charge is 2.28. The number of halogens is 2. The number of nitrogens with one attached hydrogen (secondary N) is 1. The van der Waals surface area contributed by atoms with Crippen molar-refractivity contribution >= 4 is 52.7 Å². The van der Waals surface area contributed by atoms with Crippen LogP contribution in [-0.4, -0.2) is 53.2 Å². The Morgan fingerprint density at radius 1 is 1.29 bits per heavy atom. The fourth-order valence-electron chi connectivity index (χ4n) is 1.96. The maximum absolute atomic E-state index is 12.8. The predicted molar refractivity (Wildman–Crippen MR) is 95.1 cm³/mol. The molecule has 24 heavy (non-hydrogen) atoms. The van der Waals surface area contributed by atoms with E-state index in [9.17, 15) is 19.5 Å². The molecule has 0 saturated heterocycles. The minimum absolute atomic E-state index is 0.0411. The van der Waals surface area contributed by atoms with Crippen molar-refractivity contribution in [3.05, 3.63) is 27.7 Å². The maximum atomic E-state index is 12.8. The number of carbonyl (C=O) groups is 3. The van der Waals surface area contributed by atoms with E-state index in [1.807, 2.05) is 0 Å². The number of amides is 2. The van der Waals surface area contributed by atoms with Crippen LogP contribution in [0.1, 0.15) is 24.2 Å². The van der Waals surface area contributed by atoms with Gasteiger partial charge in [0.1, 0.15) is 6.04 Å². The number of carboxylic acids is 1. The number of rotatable bonds is 7. The topological polar surface area (TPSA) is 86.7 Å². The van der Waals surface area contributed by atoms with E-state index >= 15 is 0 Å². The molecule has 0 spiro atoms. The van der Waals surface area contributed by atoms with Gasteiger partial charge in [0, 0.05) is 24.9 Å². The summed E-state index contributed by atoms with van der Waals surface area (Å²) in [5, 5.41) is 12.3. The maximum Gasteiger partial charge on any atom is 0.326 e. The average molecular weight is 393 g/mol. The molecule has 0 heterocycles. The first-order chi connectivity index (χ1) is 11.2. The van der Waals surface area contributed by atoms with Gasteiger partial charge in [0.15, 0.2) is 0 Å². The smallest absolute Gasteiger partial charge is 0.326 e. The molecule has 6 nitrogen and oxygen atoms in total. The second kappa shape index (κ2) is 9.15. The molecule has 1 rings (SSSR count). The molecule has 0 saturated carbocycles. The molecule has 2 amide bonds. The summed E-state index contributed by atoms with van der Waals surface area (Å²) in [6.45, 7) is 2.92. The first-order valence-electron chi connectivity index (χ1n) is 7.00. The highest BCUT2D eigenvalue weighted by Crippen LogP contribution is 2.32. The molecule has 1 unspecified atom stereocenters. The monoisotopic (exact) mass is 392 g/mol. The van der Waals surface area contributed by atoms with Gasteiger partial charge in [0.05, 0.1) is 15.6 Å². The van der Waals surface area contributed by atoms with Crippen molar-refractivity contribution in [2.45, 2.75) is 24.8 Å². The molecular weight excluding hydrogens is 375 g/mol. The normalized spacial score (nSPS) is 11.7. The molecule has 132 valence electrons. The Morgan fingerprint density at radius 3 is 2.42 bits per heavy atom. The van der Waals surface area contributed by atoms with E-state index in [1.54, 1.807) is 6.26 Å². The molecule has 0 fully saturated rings. The molecule has 9 heteroatoms. The molecule has 1 aromatic carbocycles. The van der Waals surface area contributed by atoms with Gasteiger partial charge in [-0.05, 0) is 25.3 Å². The highest BCUT2D eigenvalue weighted by atomic mass is 35.5. The van der Waals surface area contributed by atoms with E-state index in [0.717, 1.165) is 4.90 Å². The average Bonchev–Trinajstić information content (AvgIpc) is 2.50. The predicted octanol–water partition coefficient (Wildman–Crippen LogP) is 2.77. The van der Waals surface area contributed by atoms with Crippen molar-refractivity contribution in [1.82, 2.24) is 10.2 Å². The molecule has 0 aliphatic heterocycles. The van der Waals surface area contributed by atoms with Crippen LogP contribution in [0.5, 0.6) is 0 Å². The van der Waals surface area contributed by atoms with Gasteiger partial charge in [-0.3, -0.25) is 9.59 Å². The highest BCUT2D eigenvalue weighted by molar-refractivity contribution is 7.98. The van der Waals surface area contributed by atoms with Gasteiger partial charge in [-0.2, -0.15) is 0 Å². The van der Waals surface area contributed by atoms with Gasteiger partial charge < -0.3 is 15.3 Å². The standard InChI is InChI=1S/C15H18Cl2N2O4S/c1-8(15(22)23)19(5-4-18-9(2)20)14(21)10-6-13(24-3)12(17)7-11(10)16/h6-8H,4-5H2,1-3H3,(H,18,20)(H,22,23). The summed E-state index contributed by atoms with van der Waals surface area (Å²) in [5.74, 6) is -1.95. The Kier molecular flexibility index (Phi) is 7.86. The molecule has 0 aromatic heterocycles. The van der Waals surface area contributed by atoms with Crippen molar-refractivity contribution < 1.29 is 19.5 Å². The Labute approximate surface area is 154 Å². The number of thioether (sulfide) groups is 1. The van der Waals surface area contributed by atoms with Crippen LogP contribution in [0.15, 0.2) is 17.0 Å². The fourth-order valence-corrected chi connectivity index (χ4v) is 3.15. The van der Waals surface area contributed by atoms with Gasteiger partial charge in [0.2, 0.25) is 5.91 Å². The molecular formula is C15H18Cl2N2O4S. The molecule has 0 bridgehead atoms. The van der Waals surface area contributed by atoms with Gasteiger partial charge >= 0.3 is 5.97 Å². The number of benzene rings is 1. The van der Waals surface area contributed by atoms with E-state index < -0.39 is 17.9 Å². The zero-order valence-electron chi connectivity index (χ0n) is 13.4. The molecule has 0 aliphatic rings. The van der Waals surface area contributed by atoms with Crippen LogP contribution in [0.3, 0.4) is 0 Å². The van der Waals surface area contributed by atoms with Crippen LogP contribution in [0, 0.1) is 0 Å². The summed E-state index contributed by atoms with van der Waals surface area (Å²) in [5.41, 5.74) is 0.168. The molecule has 1 aromatic rings. The molecule has 1 atom stereocenters. The Morgan fingerprint density at radius 2 is 1.92 bits per heavy atom. The summed E-state index contributed by atoms with van der Waals surface area (Å²) in [6, 6.07) is 1.92. The summed E-state index contributed by atoms with van der Waals surface area (Å²) in [4.78, 5) is 36.9. The van der Waals surface area contributed by atoms with Gasteiger partial charge in [-0.1, -0.05) is 23.2 Å². The number of aliphatic carboxylic acids is 1. The largest absolute Gasteiger partial charge is 0.480 e. The van der Waals surface area contributed by atoms with Crippen molar-refractivity contribution in [2.75, 3.05) is 19.3 Å². The zero-order valence-corrected chi connectivity index (χ0v) is 15.8. The Balaban J connectivity index is 3.15. The zero-order chi connectivity index (χ0) is 18.4. The van der Waals surface area contributed by atoms with E-state index in [4.69, 9.17) is 23.2 Å². The lowest BCUT2D eigenvalue weighted by Crippen LogP contribution is -2.46. The van der Waals surface area contributed by atoms with Crippen LogP contribution >= 0.6 is 35.0 Å². The Bertz CT molecular complexity index is 655. The third-order valence-corrected chi connectivity index (χ3v) is 4.80. The second-order valence-corrected chi connectivity index (χ2v) is 6.62. The number of hydrogen-bond acceptors (Lipinski definition) is 4. The molecule has 0 aliphatic carbocycles. The summed E-state index contributed by atoms with van der Waals surface area (Å²) in [7, 11) is 0. The number of hydrogen-bond donors (Lipinski definition) is 2. The SMILES string of the molecule is CSc1cc(C(=O)N(CCNC(C)=O)C(C)C(=O)O)c(Cl)cc1Cl. The summed E-state index contributed by atoms with van der Waals surface area (Å²) >= 11 is 13.5. The van der Waals surface area contributed by atoms with Gasteiger partial charge in [-0.15, -0.1) is 11.8 Å². The quantitative estimate of drug-likeness (QED) is 0.696. The van der Waals surface area contributed by atoms with E-state index in [-0.39, 0.29) is 29.6 Å². The van der Waals surface area contributed by atoms with E-state index in [1.165, 1.54) is 37.7 Å². The second-order valence-electron chi connectivity index (χ2n) is 4.96. The lowest BCUT2D eigenvalue weighted by molar-refractivity contribution is -0.141. The van der Waals surface area contributed by atoms with Crippen molar-refractivity contribution in [3.63, 3.8) is 0 Å². The third-order valence-electron chi connectivity index (χ3n) is 3.28. The number of nitrogens with zero attached hydrogens (tertiary/aromatic N) is 1. The van der Waals surface area contributed by atoms with Gasteiger partial charge in [-0.25, -0.2) is 4.79 Å². The van der Waals surface area contributed by atoms with Crippen LogP contribution in [-0.2, 0) is 9.59 Å². The minimum atomic E-state index is -1.15. The van der Waals surface area contributed by atoms with Crippen molar-refractivity contribution in [2.24, 2.45) is 0 Å². The van der Waals surface area contributed by atoms with Crippen molar-refractivity contribution in [1.29, 1.82) is 0 Å². The van der Waals surface area contributed by atoms with Gasteiger partial charge in [0.25, 0.3) is 5.91 Å². The number of carboxylic acid groups (broad SMARTS) is 1. The van der Waals surface area contributed by atoms with Crippen molar-refractivity contribution in [3.8, 4) is 0 Å². The van der Waals surface area contributed by atoms with Crippen LogP contribution in [0.2, 0.25) is 10.0 Å².